The van der Waals surface area contributed by atoms with Gasteiger partial charge in [-0.05, 0) is 66.5 Å². The van der Waals surface area contributed by atoms with Crippen LogP contribution in [0.15, 0.2) is 24.4 Å². The highest BCUT2D eigenvalue weighted by molar-refractivity contribution is 6.02. The van der Waals surface area contributed by atoms with Crippen molar-refractivity contribution in [2.45, 2.75) is 77.1 Å². The Kier molecular flexibility index (Phi) is 6.37. The number of anilines is 4. The van der Waals surface area contributed by atoms with Gasteiger partial charge in [-0.3, -0.25) is 4.79 Å². The van der Waals surface area contributed by atoms with Crippen molar-refractivity contribution in [2.24, 2.45) is 0 Å². The van der Waals surface area contributed by atoms with Crippen molar-refractivity contribution in [1.29, 1.82) is 0 Å². The fraction of sp³-hybridized carbons (Fsp3) is 0.560. The number of alkyl halides is 1. The highest BCUT2D eigenvalue weighted by Crippen LogP contribution is 2.40. The van der Waals surface area contributed by atoms with E-state index < -0.39 is 18.1 Å². The van der Waals surface area contributed by atoms with E-state index in [1.54, 1.807) is 32.0 Å². The van der Waals surface area contributed by atoms with E-state index in [2.05, 4.69) is 53.6 Å². The zero-order valence-corrected chi connectivity index (χ0v) is 21.1. The molecule has 0 atom stereocenters. The highest BCUT2D eigenvalue weighted by Gasteiger charge is 2.41. The molecule has 0 bridgehead atoms. The fourth-order valence-electron chi connectivity index (χ4n) is 5.23. The van der Waals surface area contributed by atoms with Crippen molar-refractivity contribution < 1.29 is 18.3 Å². The lowest BCUT2D eigenvalue weighted by atomic mass is 9.79. The van der Waals surface area contributed by atoms with Crippen molar-refractivity contribution >= 4 is 29.0 Å². The number of hydrogen-bond acceptors (Lipinski definition) is 7. The number of ether oxygens (including phenoxy) is 1. The van der Waals surface area contributed by atoms with Crippen LogP contribution in [-0.2, 0) is 4.79 Å². The van der Waals surface area contributed by atoms with Gasteiger partial charge >= 0.3 is 0 Å². The maximum Gasteiger partial charge on any atom is 0.270 e. The molecule has 0 spiro atoms. The van der Waals surface area contributed by atoms with Crippen LogP contribution in [0.3, 0.4) is 0 Å². The third-order valence-electron chi connectivity index (χ3n) is 6.22. The first-order chi connectivity index (χ1) is 16.3. The van der Waals surface area contributed by atoms with Crippen LogP contribution in [0.2, 0.25) is 0 Å². The number of nitrogens with zero attached hydrogens (tertiary/aromatic N) is 3. The second kappa shape index (κ2) is 8.89. The van der Waals surface area contributed by atoms with Gasteiger partial charge in [0.25, 0.3) is 5.91 Å². The molecule has 0 saturated carbocycles. The van der Waals surface area contributed by atoms with Gasteiger partial charge in [-0.15, -0.1) is 0 Å². The smallest absolute Gasteiger partial charge is 0.270 e. The van der Waals surface area contributed by atoms with Gasteiger partial charge < -0.3 is 25.6 Å². The van der Waals surface area contributed by atoms with E-state index in [1.165, 1.54) is 4.90 Å². The molecule has 0 radical (unpaired) electrons. The number of amides is 1. The SMILES string of the molecule is CC1(C)CC(Nc2nc(Nc3ccc4c(c3)OC(C)(C)C(=O)N4CCF)ncc2F)CC(C)(C)N1. The lowest BCUT2D eigenvalue weighted by Crippen LogP contribution is -2.60. The summed E-state index contributed by atoms with van der Waals surface area (Å²) in [6, 6.07) is 5.14. The van der Waals surface area contributed by atoms with Gasteiger partial charge in [-0.2, -0.15) is 4.98 Å². The third-order valence-corrected chi connectivity index (χ3v) is 6.22. The highest BCUT2D eigenvalue weighted by atomic mass is 19.1. The third kappa shape index (κ3) is 5.47. The largest absolute Gasteiger partial charge is 0.476 e. The number of benzene rings is 1. The summed E-state index contributed by atoms with van der Waals surface area (Å²) in [6.45, 7) is 11.1. The molecule has 0 unspecified atom stereocenters. The maximum atomic E-state index is 14.6. The molecular formula is C25H34F2N6O2. The number of carbonyl (C=O) groups excluding carboxylic acids is 1. The van der Waals surface area contributed by atoms with Crippen LogP contribution in [0.5, 0.6) is 5.75 Å². The molecule has 10 heteroatoms. The van der Waals surface area contributed by atoms with E-state index in [0.717, 1.165) is 19.0 Å². The van der Waals surface area contributed by atoms with E-state index in [-0.39, 0.29) is 41.3 Å². The molecule has 4 rings (SSSR count). The van der Waals surface area contributed by atoms with Gasteiger partial charge in [-0.25, -0.2) is 13.8 Å². The lowest BCUT2D eigenvalue weighted by Gasteiger charge is -2.46. The van der Waals surface area contributed by atoms with Gasteiger partial charge in [0.15, 0.2) is 17.2 Å². The van der Waals surface area contributed by atoms with Gasteiger partial charge in [-0.1, -0.05) is 0 Å². The molecule has 1 amide bonds. The molecule has 3 N–H and O–H groups in total. The summed E-state index contributed by atoms with van der Waals surface area (Å²) in [5.74, 6) is -0.0392. The summed E-state index contributed by atoms with van der Waals surface area (Å²) >= 11 is 0. The van der Waals surface area contributed by atoms with E-state index in [0.29, 0.717) is 17.1 Å². The summed E-state index contributed by atoms with van der Waals surface area (Å²) in [5.41, 5.74) is -0.232. The molecule has 0 aliphatic carbocycles. The first-order valence-electron chi connectivity index (χ1n) is 11.9. The molecule has 2 aliphatic heterocycles. The second-order valence-corrected chi connectivity index (χ2v) is 11.1. The van der Waals surface area contributed by atoms with Gasteiger partial charge in [0.05, 0.1) is 18.4 Å². The van der Waals surface area contributed by atoms with Crippen molar-refractivity contribution in [3.05, 3.63) is 30.2 Å². The minimum atomic E-state index is -1.12. The predicted molar refractivity (Wildman–Crippen MR) is 133 cm³/mol. The Balaban J connectivity index is 1.55. The number of hydrogen-bond donors (Lipinski definition) is 3. The normalized spacial score (nSPS) is 20.7. The number of nitrogens with one attached hydrogen (secondary N) is 3. The Labute approximate surface area is 204 Å². The van der Waals surface area contributed by atoms with Crippen LogP contribution >= 0.6 is 0 Å². The van der Waals surface area contributed by atoms with Crippen LogP contribution in [0.1, 0.15) is 54.4 Å². The Morgan fingerprint density at radius 3 is 2.51 bits per heavy atom. The van der Waals surface area contributed by atoms with E-state index >= 15 is 0 Å². The van der Waals surface area contributed by atoms with Crippen molar-refractivity contribution in [2.75, 3.05) is 28.8 Å². The Morgan fingerprint density at radius 2 is 1.86 bits per heavy atom. The summed E-state index contributed by atoms with van der Waals surface area (Å²) < 4.78 is 33.6. The first-order valence-corrected chi connectivity index (χ1v) is 11.9. The van der Waals surface area contributed by atoms with Crippen LogP contribution in [-0.4, -0.2) is 51.8 Å². The first kappa shape index (κ1) is 25.1. The number of aromatic nitrogens is 2. The molecule has 1 fully saturated rings. The molecule has 1 aromatic carbocycles. The summed E-state index contributed by atoms with van der Waals surface area (Å²) in [4.78, 5) is 22.5. The minimum Gasteiger partial charge on any atom is -0.476 e. The molecule has 1 saturated heterocycles. The van der Waals surface area contributed by atoms with Crippen LogP contribution in [0, 0.1) is 5.82 Å². The van der Waals surface area contributed by atoms with Crippen molar-refractivity contribution in [3.8, 4) is 5.75 Å². The second-order valence-electron chi connectivity index (χ2n) is 11.1. The van der Waals surface area contributed by atoms with Gasteiger partial charge in [0.2, 0.25) is 5.95 Å². The summed E-state index contributed by atoms with van der Waals surface area (Å²) in [7, 11) is 0. The number of fused-ring (bicyclic) bond motifs is 1. The molecule has 35 heavy (non-hydrogen) atoms. The number of piperidine rings is 1. The molecular weight excluding hydrogens is 454 g/mol. The molecule has 1 aromatic heterocycles. The van der Waals surface area contributed by atoms with Crippen molar-refractivity contribution in [1.82, 2.24) is 15.3 Å². The maximum absolute atomic E-state index is 14.6. The van der Waals surface area contributed by atoms with E-state index in [4.69, 9.17) is 4.74 Å². The topological polar surface area (TPSA) is 91.4 Å². The van der Waals surface area contributed by atoms with Gasteiger partial charge in [0, 0.05) is 28.9 Å². The molecule has 2 aromatic rings. The standard InChI is InChI=1S/C25H34F2N6O2/c1-23(2)12-16(13-24(3,4)32-23)29-20-17(27)14-28-22(31-20)30-15-7-8-18-19(11-15)35-25(5,6)21(34)33(18)10-9-26/h7-8,11,14,16,32H,9-10,12-13H2,1-6H3,(H2,28,29,30,31). The van der Waals surface area contributed by atoms with Crippen LogP contribution in [0.25, 0.3) is 0 Å². The van der Waals surface area contributed by atoms with E-state index in [9.17, 15) is 13.6 Å². The van der Waals surface area contributed by atoms with Crippen molar-refractivity contribution in [3.63, 3.8) is 0 Å². The predicted octanol–water partition coefficient (Wildman–Crippen LogP) is 4.55. The molecule has 8 nitrogen and oxygen atoms in total. The summed E-state index contributed by atoms with van der Waals surface area (Å²) in [6.07, 6.45) is 2.76. The number of halogens is 2. The van der Waals surface area contributed by atoms with Crippen LogP contribution in [0.4, 0.5) is 31.9 Å². The average Bonchev–Trinajstić information content (AvgIpc) is 2.71. The average molecular weight is 489 g/mol. The number of rotatable bonds is 6. The quantitative estimate of drug-likeness (QED) is 0.549. The Morgan fingerprint density at radius 1 is 1.17 bits per heavy atom. The Hall–Kier alpha value is -3.01. The Bertz CT molecular complexity index is 1110. The van der Waals surface area contributed by atoms with Gasteiger partial charge in [0.1, 0.15) is 12.4 Å². The molecule has 190 valence electrons. The van der Waals surface area contributed by atoms with E-state index in [1.807, 2.05) is 0 Å². The zero-order chi connectivity index (χ0) is 25.6. The monoisotopic (exact) mass is 488 g/mol. The summed E-state index contributed by atoms with van der Waals surface area (Å²) in [5, 5.41) is 9.95. The minimum absolute atomic E-state index is 0.0388. The fourth-order valence-corrected chi connectivity index (χ4v) is 5.23. The molecule has 2 aliphatic rings. The molecule has 3 heterocycles. The zero-order valence-electron chi connectivity index (χ0n) is 21.1. The number of carbonyl (C=O) groups is 1. The lowest BCUT2D eigenvalue weighted by molar-refractivity contribution is -0.132. The van der Waals surface area contributed by atoms with Crippen LogP contribution < -0.4 is 25.6 Å².